The summed E-state index contributed by atoms with van der Waals surface area (Å²) in [6, 6.07) is 6.10. The number of methoxy groups -OCH3 is 1. The van der Waals surface area contributed by atoms with Gasteiger partial charge in [0.15, 0.2) is 0 Å². The lowest BCUT2D eigenvalue weighted by Gasteiger charge is -2.11. The van der Waals surface area contributed by atoms with Crippen molar-refractivity contribution in [2.45, 2.75) is 13.0 Å². The maximum atomic E-state index is 5.24. The first-order valence-corrected chi connectivity index (χ1v) is 7.85. The average Bonchev–Trinajstić information content (AvgIpc) is 2.84. The maximum absolute atomic E-state index is 5.24. The van der Waals surface area contributed by atoms with E-state index >= 15 is 0 Å². The molecule has 1 atom stereocenters. The van der Waals surface area contributed by atoms with E-state index in [1.165, 1.54) is 23.5 Å². The first-order valence-electron chi connectivity index (χ1n) is 5.90. The standard InChI is InChI=1S/C13H18BrNOS/c1-16-12-2-3-13(14)11(6-12)8-15-7-10-4-5-17-9-10/h2-3,6,10,15H,4-5,7-9H2,1H3. The molecule has 1 unspecified atom stereocenters. The molecule has 0 aliphatic carbocycles. The Kier molecular flexibility index (Phi) is 5.19. The summed E-state index contributed by atoms with van der Waals surface area (Å²) >= 11 is 5.64. The molecule has 1 aliphatic rings. The largest absolute Gasteiger partial charge is 0.497 e. The van der Waals surface area contributed by atoms with Crippen LogP contribution in [0.4, 0.5) is 0 Å². The van der Waals surface area contributed by atoms with Gasteiger partial charge in [0.2, 0.25) is 0 Å². The van der Waals surface area contributed by atoms with Crippen LogP contribution in [-0.2, 0) is 6.54 Å². The Balaban J connectivity index is 1.84. The van der Waals surface area contributed by atoms with Gasteiger partial charge in [-0.15, -0.1) is 0 Å². The van der Waals surface area contributed by atoms with Gasteiger partial charge in [0.1, 0.15) is 5.75 Å². The molecular weight excluding hydrogens is 298 g/mol. The Labute approximate surface area is 116 Å². The molecule has 2 rings (SSSR count). The first-order chi connectivity index (χ1) is 8.29. The Morgan fingerprint density at radius 2 is 2.41 bits per heavy atom. The highest BCUT2D eigenvalue weighted by atomic mass is 79.9. The van der Waals surface area contributed by atoms with Crippen molar-refractivity contribution in [3.8, 4) is 5.75 Å². The van der Waals surface area contributed by atoms with Gasteiger partial charge in [0.05, 0.1) is 7.11 Å². The van der Waals surface area contributed by atoms with E-state index in [0.29, 0.717) is 0 Å². The Morgan fingerprint density at radius 3 is 3.12 bits per heavy atom. The van der Waals surface area contributed by atoms with E-state index in [1.54, 1.807) is 7.11 Å². The van der Waals surface area contributed by atoms with Gasteiger partial charge >= 0.3 is 0 Å². The summed E-state index contributed by atoms with van der Waals surface area (Å²) in [4.78, 5) is 0. The van der Waals surface area contributed by atoms with Gasteiger partial charge in [-0.05, 0) is 54.2 Å². The third-order valence-electron chi connectivity index (χ3n) is 3.03. The molecule has 1 aromatic carbocycles. The summed E-state index contributed by atoms with van der Waals surface area (Å²) in [6.07, 6.45) is 1.36. The van der Waals surface area contributed by atoms with E-state index < -0.39 is 0 Å². The van der Waals surface area contributed by atoms with Crippen molar-refractivity contribution < 1.29 is 4.74 Å². The fourth-order valence-electron chi connectivity index (χ4n) is 1.97. The zero-order valence-electron chi connectivity index (χ0n) is 10.0. The van der Waals surface area contributed by atoms with Crippen LogP contribution < -0.4 is 10.1 Å². The van der Waals surface area contributed by atoms with E-state index in [4.69, 9.17) is 4.74 Å². The molecule has 0 saturated carbocycles. The predicted molar refractivity (Wildman–Crippen MR) is 77.8 cm³/mol. The van der Waals surface area contributed by atoms with Gasteiger partial charge in [-0.2, -0.15) is 11.8 Å². The zero-order chi connectivity index (χ0) is 12.1. The number of ether oxygens (including phenoxy) is 1. The van der Waals surface area contributed by atoms with Crippen LogP contribution in [0, 0.1) is 5.92 Å². The van der Waals surface area contributed by atoms with Crippen LogP contribution in [0.5, 0.6) is 5.75 Å². The zero-order valence-corrected chi connectivity index (χ0v) is 12.4. The summed E-state index contributed by atoms with van der Waals surface area (Å²) in [6.45, 7) is 2.02. The molecule has 1 aromatic rings. The van der Waals surface area contributed by atoms with Gasteiger partial charge < -0.3 is 10.1 Å². The van der Waals surface area contributed by atoms with Gasteiger partial charge in [-0.3, -0.25) is 0 Å². The second-order valence-corrected chi connectivity index (χ2v) is 6.32. The highest BCUT2D eigenvalue weighted by Gasteiger charge is 2.14. The van der Waals surface area contributed by atoms with Crippen molar-refractivity contribution in [1.82, 2.24) is 5.32 Å². The summed E-state index contributed by atoms with van der Waals surface area (Å²) < 4.78 is 6.38. The van der Waals surface area contributed by atoms with Crippen LogP contribution in [0.1, 0.15) is 12.0 Å². The van der Waals surface area contributed by atoms with Crippen molar-refractivity contribution in [2.24, 2.45) is 5.92 Å². The van der Waals surface area contributed by atoms with Crippen molar-refractivity contribution in [2.75, 3.05) is 25.2 Å². The van der Waals surface area contributed by atoms with Crippen LogP contribution in [0.3, 0.4) is 0 Å². The molecule has 17 heavy (non-hydrogen) atoms. The minimum Gasteiger partial charge on any atom is -0.497 e. The Bertz CT molecular complexity index is 366. The van der Waals surface area contributed by atoms with Crippen LogP contribution in [-0.4, -0.2) is 25.2 Å². The predicted octanol–water partition coefficient (Wildman–Crippen LogP) is 3.30. The minimum atomic E-state index is 0.851. The number of thioether (sulfide) groups is 1. The molecule has 0 bridgehead atoms. The SMILES string of the molecule is COc1ccc(Br)c(CNCC2CCSC2)c1. The first kappa shape index (κ1) is 13.2. The fraction of sp³-hybridized carbons (Fsp3) is 0.538. The topological polar surface area (TPSA) is 21.3 Å². The van der Waals surface area contributed by atoms with Gasteiger partial charge in [-0.1, -0.05) is 15.9 Å². The lowest BCUT2D eigenvalue weighted by molar-refractivity contribution is 0.413. The normalized spacial score (nSPS) is 19.5. The van der Waals surface area contributed by atoms with E-state index in [0.717, 1.165) is 29.2 Å². The third kappa shape index (κ3) is 3.90. The van der Waals surface area contributed by atoms with Gasteiger partial charge in [0, 0.05) is 11.0 Å². The summed E-state index contributed by atoms with van der Waals surface area (Å²) in [7, 11) is 1.70. The second kappa shape index (κ2) is 6.66. The lowest BCUT2D eigenvalue weighted by Crippen LogP contribution is -2.22. The van der Waals surface area contributed by atoms with Gasteiger partial charge in [-0.25, -0.2) is 0 Å². The van der Waals surface area contributed by atoms with E-state index in [1.807, 2.05) is 12.1 Å². The monoisotopic (exact) mass is 315 g/mol. The number of benzene rings is 1. The number of hydrogen-bond acceptors (Lipinski definition) is 3. The molecule has 1 aliphatic heterocycles. The van der Waals surface area contributed by atoms with Crippen LogP contribution in [0.15, 0.2) is 22.7 Å². The van der Waals surface area contributed by atoms with Crippen LogP contribution >= 0.6 is 27.7 Å². The molecule has 0 radical (unpaired) electrons. The molecule has 1 saturated heterocycles. The van der Waals surface area contributed by atoms with Crippen molar-refractivity contribution in [3.63, 3.8) is 0 Å². The van der Waals surface area contributed by atoms with Crippen molar-refractivity contribution in [3.05, 3.63) is 28.2 Å². The molecule has 1 heterocycles. The fourth-order valence-corrected chi connectivity index (χ4v) is 3.64. The number of nitrogens with one attached hydrogen (secondary N) is 1. The van der Waals surface area contributed by atoms with Crippen LogP contribution in [0.25, 0.3) is 0 Å². The van der Waals surface area contributed by atoms with Crippen LogP contribution in [0.2, 0.25) is 0 Å². The minimum absolute atomic E-state index is 0.851. The highest BCUT2D eigenvalue weighted by molar-refractivity contribution is 9.10. The Morgan fingerprint density at radius 1 is 1.53 bits per heavy atom. The number of rotatable bonds is 5. The molecule has 0 spiro atoms. The summed E-state index contributed by atoms with van der Waals surface area (Å²) in [5.41, 5.74) is 1.26. The quantitative estimate of drug-likeness (QED) is 0.900. The van der Waals surface area contributed by atoms with Crippen molar-refractivity contribution >= 4 is 27.7 Å². The van der Waals surface area contributed by atoms with E-state index in [2.05, 4.69) is 39.1 Å². The number of halogens is 1. The molecule has 1 fully saturated rings. The molecular formula is C13H18BrNOS. The Hall–Kier alpha value is -0.190. The third-order valence-corrected chi connectivity index (χ3v) is 5.03. The highest BCUT2D eigenvalue weighted by Crippen LogP contribution is 2.24. The van der Waals surface area contributed by atoms with Gasteiger partial charge in [0.25, 0.3) is 0 Å². The van der Waals surface area contributed by atoms with E-state index in [9.17, 15) is 0 Å². The summed E-state index contributed by atoms with van der Waals surface area (Å²) in [5, 5.41) is 3.54. The summed E-state index contributed by atoms with van der Waals surface area (Å²) in [5.74, 6) is 4.41. The lowest BCUT2D eigenvalue weighted by atomic mass is 10.1. The average molecular weight is 316 g/mol. The smallest absolute Gasteiger partial charge is 0.119 e. The molecule has 4 heteroatoms. The van der Waals surface area contributed by atoms with E-state index in [-0.39, 0.29) is 0 Å². The van der Waals surface area contributed by atoms with Crippen molar-refractivity contribution in [1.29, 1.82) is 0 Å². The molecule has 0 aromatic heterocycles. The molecule has 94 valence electrons. The maximum Gasteiger partial charge on any atom is 0.119 e. The molecule has 1 N–H and O–H groups in total. The molecule has 2 nitrogen and oxygen atoms in total. The number of hydrogen-bond donors (Lipinski definition) is 1. The molecule has 0 amide bonds. The second-order valence-electron chi connectivity index (χ2n) is 4.32.